The first-order valence-electron chi connectivity index (χ1n) is 8.43. The average Bonchev–Trinajstić information content (AvgIpc) is 3.09. The second-order valence-corrected chi connectivity index (χ2v) is 6.18. The molecule has 0 aliphatic rings. The monoisotopic (exact) mass is 358 g/mol. The number of imidazole rings is 1. The molecule has 0 radical (unpaired) electrons. The van der Waals surface area contributed by atoms with E-state index in [-0.39, 0.29) is 6.03 Å². The summed E-state index contributed by atoms with van der Waals surface area (Å²) >= 11 is 0. The zero-order valence-electron chi connectivity index (χ0n) is 14.7. The summed E-state index contributed by atoms with van der Waals surface area (Å²) < 4.78 is 1.87. The molecule has 0 aliphatic heterocycles. The third-order valence-electron chi connectivity index (χ3n) is 4.18. The summed E-state index contributed by atoms with van der Waals surface area (Å²) in [5.74, 6) is 0.371. The lowest BCUT2D eigenvalue weighted by Gasteiger charge is -2.09. The molecule has 7 nitrogen and oxygen atoms in total. The van der Waals surface area contributed by atoms with E-state index in [0.717, 1.165) is 22.5 Å². The van der Waals surface area contributed by atoms with Crippen LogP contribution >= 0.6 is 0 Å². The van der Waals surface area contributed by atoms with Crippen LogP contribution in [0.3, 0.4) is 0 Å². The van der Waals surface area contributed by atoms with Crippen molar-refractivity contribution in [2.75, 3.05) is 16.4 Å². The van der Waals surface area contributed by atoms with Gasteiger partial charge in [-0.3, -0.25) is 4.40 Å². The number of nitrogen functional groups attached to an aromatic ring is 1. The second kappa shape index (κ2) is 6.80. The SMILES string of the molecule is Cc1ccc(NC(=O)Nc2cccc(-c3cnc4c(N)nccn34)c2)cc1. The summed E-state index contributed by atoms with van der Waals surface area (Å²) in [5, 5.41) is 5.67. The van der Waals surface area contributed by atoms with E-state index < -0.39 is 0 Å². The van der Waals surface area contributed by atoms with Gasteiger partial charge >= 0.3 is 6.03 Å². The van der Waals surface area contributed by atoms with Crippen molar-refractivity contribution in [3.8, 4) is 11.3 Å². The molecule has 4 N–H and O–H groups in total. The number of nitrogens with zero attached hydrogens (tertiary/aromatic N) is 3. The number of amides is 2. The van der Waals surface area contributed by atoms with E-state index >= 15 is 0 Å². The second-order valence-electron chi connectivity index (χ2n) is 6.18. The number of anilines is 3. The van der Waals surface area contributed by atoms with Gasteiger partial charge in [0.25, 0.3) is 0 Å². The number of nitrogens with one attached hydrogen (secondary N) is 2. The van der Waals surface area contributed by atoms with Crippen LogP contribution in [0.15, 0.2) is 67.1 Å². The van der Waals surface area contributed by atoms with Gasteiger partial charge in [0.05, 0.1) is 11.9 Å². The zero-order chi connectivity index (χ0) is 18.8. The van der Waals surface area contributed by atoms with Crippen LogP contribution in [0.4, 0.5) is 22.0 Å². The van der Waals surface area contributed by atoms with Gasteiger partial charge in [-0.25, -0.2) is 14.8 Å². The summed E-state index contributed by atoms with van der Waals surface area (Å²) in [4.78, 5) is 20.6. The highest BCUT2D eigenvalue weighted by molar-refractivity contribution is 6.00. The summed E-state index contributed by atoms with van der Waals surface area (Å²) in [6, 6.07) is 14.9. The predicted molar refractivity (Wildman–Crippen MR) is 107 cm³/mol. The molecule has 2 aromatic heterocycles. The number of hydrogen-bond donors (Lipinski definition) is 3. The lowest BCUT2D eigenvalue weighted by molar-refractivity contribution is 0.262. The van der Waals surface area contributed by atoms with Crippen LogP contribution in [0.1, 0.15) is 5.56 Å². The fraction of sp³-hybridized carbons (Fsp3) is 0.0500. The minimum atomic E-state index is -0.303. The quantitative estimate of drug-likeness (QED) is 0.517. The summed E-state index contributed by atoms with van der Waals surface area (Å²) in [6.45, 7) is 2.00. The first kappa shape index (κ1) is 16.6. The van der Waals surface area contributed by atoms with Crippen molar-refractivity contribution >= 4 is 28.9 Å². The molecule has 2 amide bonds. The molecule has 2 aromatic carbocycles. The number of nitrogens with two attached hydrogens (primary N) is 1. The molecule has 27 heavy (non-hydrogen) atoms. The van der Waals surface area contributed by atoms with Gasteiger partial charge in [0, 0.05) is 29.3 Å². The molecule has 0 spiro atoms. The standard InChI is InChI=1S/C20H18N6O/c1-13-5-7-15(8-6-13)24-20(27)25-16-4-2-3-14(11-16)17-12-23-19-18(21)22-9-10-26(17)19/h2-12H,1H3,(H2,21,22)(H2,24,25,27). The van der Waals surface area contributed by atoms with Gasteiger partial charge in [0.15, 0.2) is 11.5 Å². The van der Waals surface area contributed by atoms with E-state index in [1.165, 1.54) is 0 Å². The summed E-state index contributed by atoms with van der Waals surface area (Å²) in [7, 11) is 0. The Bertz CT molecular complexity index is 1120. The zero-order valence-corrected chi connectivity index (χ0v) is 14.7. The van der Waals surface area contributed by atoms with E-state index in [1.54, 1.807) is 18.6 Å². The van der Waals surface area contributed by atoms with Crippen molar-refractivity contribution in [1.82, 2.24) is 14.4 Å². The molecular formula is C20H18N6O. The molecule has 0 saturated heterocycles. The van der Waals surface area contributed by atoms with Crippen molar-refractivity contribution in [2.45, 2.75) is 6.92 Å². The van der Waals surface area contributed by atoms with E-state index in [0.29, 0.717) is 17.2 Å². The fourth-order valence-corrected chi connectivity index (χ4v) is 2.84. The number of carbonyl (C=O) groups excluding carboxylic acids is 1. The molecule has 0 aliphatic carbocycles. The highest BCUT2D eigenvalue weighted by Crippen LogP contribution is 2.25. The van der Waals surface area contributed by atoms with Crippen LogP contribution in [0, 0.1) is 6.92 Å². The van der Waals surface area contributed by atoms with E-state index in [9.17, 15) is 4.79 Å². The van der Waals surface area contributed by atoms with Gasteiger partial charge in [0.2, 0.25) is 0 Å². The molecule has 134 valence electrons. The van der Waals surface area contributed by atoms with Crippen molar-refractivity contribution in [3.05, 3.63) is 72.7 Å². The summed E-state index contributed by atoms with van der Waals surface area (Å²) in [6.07, 6.45) is 5.17. The summed E-state index contributed by atoms with van der Waals surface area (Å²) in [5.41, 5.74) is 10.8. The minimum absolute atomic E-state index is 0.303. The molecule has 4 rings (SSSR count). The predicted octanol–water partition coefficient (Wildman–Crippen LogP) is 3.93. The highest BCUT2D eigenvalue weighted by atomic mass is 16.2. The molecule has 0 saturated carbocycles. The van der Waals surface area contributed by atoms with Crippen LogP contribution < -0.4 is 16.4 Å². The number of aromatic nitrogens is 3. The van der Waals surface area contributed by atoms with Gasteiger partial charge in [-0.1, -0.05) is 29.8 Å². The molecule has 2 heterocycles. The maximum atomic E-state index is 12.3. The topological polar surface area (TPSA) is 97.3 Å². The third kappa shape index (κ3) is 3.43. The smallest absolute Gasteiger partial charge is 0.323 e. The molecule has 4 aromatic rings. The van der Waals surface area contributed by atoms with Crippen LogP contribution in [0.5, 0.6) is 0 Å². The van der Waals surface area contributed by atoms with Crippen LogP contribution in [-0.2, 0) is 0 Å². The van der Waals surface area contributed by atoms with Gasteiger partial charge in [-0.05, 0) is 31.2 Å². The number of carbonyl (C=O) groups is 1. The van der Waals surface area contributed by atoms with Crippen molar-refractivity contribution < 1.29 is 4.79 Å². The van der Waals surface area contributed by atoms with E-state index in [2.05, 4.69) is 20.6 Å². The Morgan fingerprint density at radius 2 is 1.81 bits per heavy atom. The Morgan fingerprint density at radius 3 is 2.63 bits per heavy atom. The Morgan fingerprint density at radius 1 is 1.04 bits per heavy atom. The number of urea groups is 1. The number of fused-ring (bicyclic) bond motifs is 1. The molecule has 0 atom stereocenters. The van der Waals surface area contributed by atoms with E-state index in [1.807, 2.05) is 59.9 Å². The largest absolute Gasteiger partial charge is 0.381 e. The number of hydrogen-bond acceptors (Lipinski definition) is 4. The van der Waals surface area contributed by atoms with Crippen molar-refractivity contribution in [2.24, 2.45) is 0 Å². The van der Waals surface area contributed by atoms with Crippen molar-refractivity contribution in [3.63, 3.8) is 0 Å². The Kier molecular flexibility index (Phi) is 4.18. The average molecular weight is 358 g/mol. The lowest BCUT2D eigenvalue weighted by Crippen LogP contribution is -2.19. The van der Waals surface area contributed by atoms with E-state index in [4.69, 9.17) is 5.73 Å². The van der Waals surface area contributed by atoms with Crippen LogP contribution in [0.2, 0.25) is 0 Å². The Hall–Kier alpha value is -3.87. The molecule has 0 unspecified atom stereocenters. The third-order valence-corrected chi connectivity index (χ3v) is 4.18. The van der Waals surface area contributed by atoms with Crippen molar-refractivity contribution in [1.29, 1.82) is 0 Å². The van der Waals surface area contributed by atoms with Gasteiger partial charge in [0.1, 0.15) is 0 Å². The normalized spacial score (nSPS) is 10.7. The number of benzene rings is 2. The molecule has 0 fully saturated rings. The molecule has 0 bridgehead atoms. The minimum Gasteiger partial charge on any atom is -0.381 e. The van der Waals surface area contributed by atoms with Gasteiger partial charge in [-0.15, -0.1) is 0 Å². The van der Waals surface area contributed by atoms with Gasteiger partial charge in [-0.2, -0.15) is 0 Å². The number of aryl methyl sites for hydroxylation is 1. The fourth-order valence-electron chi connectivity index (χ4n) is 2.84. The molecular weight excluding hydrogens is 340 g/mol. The number of rotatable bonds is 3. The molecule has 7 heteroatoms. The lowest BCUT2D eigenvalue weighted by atomic mass is 10.1. The first-order valence-corrected chi connectivity index (χ1v) is 8.43. The van der Waals surface area contributed by atoms with Crippen LogP contribution in [-0.4, -0.2) is 20.4 Å². The first-order chi connectivity index (χ1) is 13.1. The Balaban J connectivity index is 1.56. The van der Waals surface area contributed by atoms with Gasteiger partial charge < -0.3 is 16.4 Å². The van der Waals surface area contributed by atoms with Crippen LogP contribution in [0.25, 0.3) is 16.9 Å². The highest BCUT2D eigenvalue weighted by Gasteiger charge is 2.10. The Labute approximate surface area is 155 Å². The maximum Gasteiger partial charge on any atom is 0.323 e. The maximum absolute atomic E-state index is 12.3.